The quantitative estimate of drug-likeness (QED) is 0.229. The number of aryl methyl sites for hydroxylation is 1. The molecule has 8 heteroatoms. The minimum Gasteiger partial charge on any atom is -0.759 e. The van der Waals surface area contributed by atoms with Crippen LogP contribution < -0.4 is 59.1 Å². The third kappa shape index (κ3) is 24.2. The van der Waals surface area contributed by atoms with Crippen molar-refractivity contribution in [3.63, 3.8) is 0 Å². The van der Waals surface area contributed by atoms with Gasteiger partial charge in [0.2, 0.25) is 0 Å². The molecular weight excluding hydrogens is 302 g/mol. The Balaban J connectivity index is -0.000000361. The summed E-state index contributed by atoms with van der Waals surface area (Å²) in [5.41, 5.74) is 0. The Hall–Kier alpha value is 1.15. The second-order valence-corrected chi connectivity index (χ2v) is 4.82. The molecule has 1 aromatic rings. The first kappa shape index (κ1) is 26.1. The van der Waals surface area contributed by atoms with Crippen molar-refractivity contribution < 1.29 is 81.1 Å². The van der Waals surface area contributed by atoms with Crippen LogP contribution in [0.25, 0.3) is 0 Å². The fraction of sp³-hybridized carbons (Fsp3) is 0.667. The second-order valence-electron chi connectivity index (χ2n) is 4.01. The minimum atomic E-state index is -5.17. The molecule has 0 aliphatic rings. The van der Waals surface area contributed by atoms with Crippen LogP contribution in [0.2, 0.25) is 0 Å². The van der Waals surface area contributed by atoms with Gasteiger partial charge in [-0.2, -0.15) is 0 Å². The van der Waals surface area contributed by atoms with E-state index >= 15 is 0 Å². The van der Waals surface area contributed by atoms with Crippen LogP contribution in [0.4, 0.5) is 0 Å². The molecule has 1 heterocycles. The van der Waals surface area contributed by atoms with E-state index < -0.39 is 10.4 Å². The molecule has 1 aromatic heterocycles. The number of unbranched alkanes of at least 4 members (excludes halogenated alkanes) is 5. The first-order chi connectivity index (χ1) is 8.43. The SMILES string of the molecule is CCCCCCCCc1ccco1.O=S(=O)([O-])[O-].[Na+].[Na+]. The summed E-state index contributed by atoms with van der Waals surface area (Å²) in [6.45, 7) is 2.25. The molecule has 5 nitrogen and oxygen atoms in total. The van der Waals surface area contributed by atoms with Crippen molar-refractivity contribution in [3.05, 3.63) is 24.2 Å². The van der Waals surface area contributed by atoms with Crippen LogP contribution in [0.5, 0.6) is 0 Å². The van der Waals surface area contributed by atoms with Crippen LogP contribution in [-0.4, -0.2) is 17.5 Å². The predicted octanol–water partition coefficient (Wildman–Crippen LogP) is -3.15. The van der Waals surface area contributed by atoms with Crippen LogP contribution >= 0.6 is 0 Å². The van der Waals surface area contributed by atoms with Gasteiger partial charge in [0.1, 0.15) is 5.76 Å². The van der Waals surface area contributed by atoms with Crippen molar-refractivity contribution in [2.45, 2.75) is 51.9 Å². The Bertz CT molecular complexity index is 371. The molecular formula is C12H20Na2O5S. The summed E-state index contributed by atoms with van der Waals surface area (Å²) in [6.07, 6.45) is 11.0. The molecule has 0 unspecified atom stereocenters. The largest absolute Gasteiger partial charge is 1.00 e. The monoisotopic (exact) mass is 322 g/mol. The fourth-order valence-electron chi connectivity index (χ4n) is 1.53. The molecule has 106 valence electrons. The van der Waals surface area contributed by atoms with Crippen molar-refractivity contribution in [2.75, 3.05) is 0 Å². The van der Waals surface area contributed by atoms with Crippen LogP contribution in [0, 0.1) is 0 Å². The Kier molecular flexibility index (Phi) is 21.5. The molecule has 0 amide bonds. The maximum atomic E-state index is 8.52. The minimum absolute atomic E-state index is 0. The van der Waals surface area contributed by atoms with Gasteiger partial charge < -0.3 is 13.5 Å². The third-order valence-corrected chi connectivity index (χ3v) is 2.36. The normalized spacial score (nSPS) is 9.75. The molecule has 20 heavy (non-hydrogen) atoms. The van der Waals surface area contributed by atoms with Crippen molar-refractivity contribution in [2.24, 2.45) is 0 Å². The number of rotatable bonds is 7. The van der Waals surface area contributed by atoms with E-state index in [2.05, 4.69) is 13.0 Å². The Labute approximate surface area is 166 Å². The van der Waals surface area contributed by atoms with E-state index in [0.717, 1.165) is 12.2 Å². The average molecular weight is 322 g/mol. The van der Waals surface area contributed by atoms with Gasteiger partial charge >= 0.3 is 59.1 Å². The number of hydrogen-bond donors (Lipinski definition) is 0. The summed E-state index contributed by atoms with van der Waals surface area (Å²) in [4.78, 5) is 0. The Morgan fingerprint density at radius 3 is 2.00 bits per heavy atom. The molecule has 0 spiro atoms. The Morgan fingerprint density at radius 2 is 1.55 bits per heavy atom. The van der Waals surface area contributed by atoms with Gasteiger partial charge in [0.25, 0.3) is 0 Å². The summed E-state index contributed by atoms with van der Waals surface area (Å²) in [6, 6.07) is 4.03. The topological polar surface area (TPSA) is 93.4 Å². The van der Waals surface area contributed by atoms with Crippen LogP contribution in [0.15, 0.2) is 22.8 Å². The van der Waals surface area contributed by atoms with Gasteiger partial charge in [0.05, 0.1) is 6.26 Å². The molecule has 0 saturated carbocycles. The summed E-state index contributed by atoms with van der Waals surface area (Å²) in [5.74, 6) is 1.13. The van der Waals surface area contributed by atoms with Crippen molar-refractivity contribution in [1.29, 1.82) is 0 Å². The zero-order chi connectivity index (χ0) is 13.9. The van der Waals surface area contributed by atoms with Gasteiger partial charge in [-0.15, -0.1) is 0 Å². The maximum absolute atomic E-state index is 8.52. The summed E-state index contributed by atoms with van der Waals surface area (Å²) < 4.78 is 39.3. The van der Waals surface area contributed by atoms with Crippen molar-refractivity contribution in [3.8, 4) is 0 Å². The van der Waals surface area contributed by atoms with Gasteiger partial charge in [-0.25, -0.2) is 0 Å². The predicted molar refractivity (Wildman–Crippen MR) is 66.3 cm³/mol. The molecule has 0 fully saturated rings. The van der Waals surface area contributed by atoms with Gasteiger partial charge in [0, 0.05) is 16.8 Å². The van der Waals surface area contributed by atoms with E-state index in [0.29, 0.717) is 0 Å². The van der Waals surface area contributed by atoms with Gasteiger partial charge in [-0.1, -0.05) is 39.0 Å². The molecule has 0 N–H and O–H groups in total. The van der Waals surface area contributed by atoms with Crippen LogP contribution in [0.1, 0.15) is 51.2 Å². The summed E-state index contributed by atoms with van der Waals surface area (Å²) in [5, 5.41) is 0. The van der Waals surface area contributed by atoms with Crippen molar-refractivity contribution in [1.82, 2.24) is 0 Å². The zero-order valence-corrected chi connectivity index (χ0v) is 17.4. The average Bonchev–Trinajstić information content (AvgIpc) is 2.73. The molecule has 0 bridgehead atoms. The molecule has 0 aliphatic carbocycles. The standard InChI is InChI=1S/C12H20O.2Na.H2O4S/c1-2-3-4-5-6-7-9-12-10-8-11-13-12;;;1-5(2,3)4/h8,10-11H,2-7,9H2,1H3;;;(H2,1,2,3,4)/q;2*+1;/p-2. The van der Waals surface area contributed by atoms with E-state index in [4.69, 9.17) is 21.9 Å². The van der Waals surface area contributed by atoms with E-state index in [1.807, 2.05) is 6.07 Å². The molecule has 0 aromatic carbocycles. The first-order valence-corrected chi connectivity index (χ1v) is 7.46. The van der Waals surface area contributed by atoms with E-state index in [1.165, 1.54) is 38.5 Å². The zero-order valence-electron chi connectivity index (χ0n) is 12.6. The fourth-order valence-corrected chi connectivity index (χ4v) is 1.53. The summed E-state index contributed by atoms with van der Waals surface area (Å²) in [7, 11) is -5.17. The van der Waals surface area contributed by atoms with Crippen LogP contribution in [0.3, 0.4) is 0 Å². The summed E-state index contributed by atoms with van der Waals surface area (Å²) >= 11 is 0. The number of furan rings is 1. The van der Waals surface area contributed by atoms with Crippen LogP contribution in [-0.2, 0) is 16.8 Å². The molecule has 1 rings (SSSR count). The van der Waals surface area contributed by atoms with Crippen molar-refractivity contribution >= 4 is 10.4 Å². The molecule has 0 radical (unpaired) electrons. The smallest absolute Gasteiger partial charge is 0.759 e. The molecule has 0 saturated heterocycles. The Morgan fingerprint density at radius 1 is 1.05 bits per heavy atom. The maximum Gasteiger partial charge on any atom is 1.00 e. The van der Waals surface area contributed by atoms with E-state index in [9.17, 15) is 0 Å². The van der Waals surface area contributed by atoms with E-state index in [1.54, 1.807) is 6.26 Å². The molecule has 0 aliphatic heterocycles. The first-order valence-electron chi connectivity index (χ1n) is 6.12. The van der Waals surface area contributed by atoms with Gasteiger partial charge in [-0.3, -0.25) is 8.42 Å². The van der Waals surface area contributed by atoms with Gasteiger partial charge in [0.15, 0.2) is 0 Å². The number of hydrogen-bond acceptors (Lipinski definition) is 5. The second kappa shape index (κ2) is 16.5. The third-order valence-electron chi connectivity index (χ3n) is 2.36. The molecule has 0 atom stereocenters. The van der Waals surface area contributed by atoms with E-state index in [-0.39, 0.29) is 59.1 Å². The van der Waals surface area contributed by atoms with Gasteiger partial charge in [-0.05, 0) is 18.6 Å².